The number of aryl methyl sites for hydroxylation is 1. The van der Waals surface area contributed by atoms with Gasteiger partial charge in [-0.15, -0.1) is 0 Å². The van der Waals surface area contributed by atoms with Gasteiger partial charge in [0.1, 0.15) is 12.4 Å². The molecule has 1 aromatic heterocycles. The molecule has 1 aliphatic carbocycles. The first-order valence-electron chi connectivity index (χ1n) is 10.9. The monoisotopic (exact) mass is 433 g/mol. The van der Waals surface area contributed by atoms with Gasteiger partial charge >= 0.3 is 0 Å². The highest BCUT2D eigenvalue weighted by Crippen LogP contribution is 2.25. The lowest BCUT2D eigenvalue weighted by Crippen LogP contribution is -2.47. The first kappa shape index (κ1) is 21.8. The summed E-state index contributed by atoms with van der Waals surface area (Å²) in [5.74, 6) is -0.443. The second-order valence-corrected chi connectivity index (χ2v) is 8.20. The zero-order valence-corrected chi connectivity index (χ0v) is 18.0. The predicted octanol–water partition coefficient (Wildman–Crippen LogP) is 3.92. The summed E-state index contributed by atoms with van der Waals surface area (Å²) >= 11 is 0. The molecule has 1 aliphatic rings. The van der Waals surface area contributed by atoms with Crippen LogP contribution in [-0.4, -0.2) is 28.0 Å². The molecule has 1 saturated carbocycles. The summed E-state index contributed by atoms with van der Waals surface area (Å²) in [4.78, 5) is 29.1. The molecular formula is C25H27N3O4. The van der Waals surface area contributed by atoms with Crippen LogP contribution in [-0.2, 0) is 11.4 Å². The number of pyridine rings is 1. The summed E-state index contributed by atoms with van der Waals surface area (Å²) in [5.41, 5.74) is 5.14. The van der Waals surface area contributed by atoms with E-state index in [0.29, 0.717) is 30.8 Å². The van der Waals surface area contributed by atoms with Crippen molar-refractivity contribution in [2.45, 2.75) is 45.3 Å². The van der Waals surface area contributed by atoms with Gasteiger partial charge in [-0.05, 0) is 56.2 Å². The maximum absolute atomic E-state index is 12.7. The highest BCUT2D eigenvalue weighted by molar-refractivity contribution is 5.95. The number of aromatic nitrogens is 1. The Hall–Kier alpha value is -3.45. The van der Waals surface area contributed by atoms with Crippen LogP contribution in [0, 0.1) is 12.8 Å². The molecule has 0 spiro atoms. The molecule has 2 atom stereocenters. The number of carbonyl (C=O) groups excluding carboxylic acids is 2. The molecule has 3 N–H and O–H groups in total. The van der Waals surface area contributed by atoms with Gasteiger partial charge in [0.05, 0.1) is 11.4 Å². The number of nitrogens with one attached hydrogen (secondary N) is 2. The smallest absolute Gasteiger partial charge is 0.251 e. The van der Waals surface area contributed by atoms with Gasteiger partial charge in [-0.1, -0.05) is 31.0 Å². The SMILES string of the molecule is Cc1cc(COc2ccc(C(=O)NC3CCCCC3C(=O)NO)cc2)c2ccccc2n1. The van der Waals surface area contributed by atoms with Gasteiger partial charge in [0.2, 0.25) is 5.91 Å². The van der Waals surface area contributed by atoms with E-state index in [1.807, 2.05) is 37.3 Å². The van der Waals surface area contributed by atoms with Crippen molar-refractivity contribution in [1.29, 1.82) is 0 Å². The molecule has 0 aliphatic heterocycles. The summed E-state index contributed by atoms with van der Waals surface area (Å²) in [6.07, 6.45) is 3.20. The van der Waals surface area contributed by atoms with Crippen LogP contribution in [0.2, 0.25) is 0 Å². The number of hydroxylamine groups is 1. The van der Waals surface area contributed by atoms with Crippen molar-refractivity contribution in [3.05, 3.63) is 71.4 Å². The number of fused-ring (bicyclic) bond motifs is 1. The van der Waals surface area contributed by atoms with Crippen LogP contribution in [0.4, 0.5) is 0 Å². The number of amides is 2. The molecule has 3 aromatic rings. The third kappa shape index (κ3) is 4.89. The van der Waals surface area contributed by atoms with Crippen LogP contribution in [0.15, 0.2) is 54.6 Å². The number of para-hydroxylation sites is 1. The molecule has 2 amide bonds. The van der Waals surface area contributed by atoms with E-state index < -0.39 is 11.8 Å². The maximum Gasteiger partial charge on any atom is 0.251 e. The number of carbonyl (C=O) groups is 2. The Morgan fingerprint density at radius 3 is 2.62 bits per heavy atom. The number of hydrogen-bond acceptors (Lipinski definition) is 5. The van der Waals surface area contributed by atoms with Crippen LogP contribution in [0.1, 0.15) is 47.3 Å². The zero-order valence-electron chi connectivity index (χ0n) is 18.0. The van der Waals surface area contributed by atoms with Crippen LogP contribution < -0.4 is 15.5 Å². The fourth-order valence-corrected chi connectivity index (χ4v) is 4.33. The molecule has 0 radical (unpaired) electrons. The molecule has 2 unspecified atom stereocenters. The normalized spacial score (nSPS) is 18.2. The van der Waals surface area contributed by atoms with Crippen molar-refractivity contribution < 1.29 is 19.5 Å². The number of hydrogen-bond donors (Lipinski definition) is 3. The van der Waals surface area contributed by atoms with E-state index in [2.05, 4.69) is 10.3 Å². The largest absolute Gasteiger partial charge is 0.489 e. The highest BCUT2D eigenvalue weighted by Gasteiger charge is 2.32. The molecule has 4 rings (SSSR count). The maximum atomic E-state index is 12.7. The number of rotatable bonds is 6. The molecule has 0 bridgehead atoms. The topological polar surface area (TPSA) is 101 Å². The molecule has 1 fully saturated rings. The molecule has 166 valence electrons. The number of nitrogens with zero attached hydrogens (tertiary/aromatic N) is 1. The molecular weight excluding hydrogens is 406 g/mol. The standard InChI is InChI=1S/C25H27N3O4/c1-16-14-18(20-6-2-4-8-22(20)26-16)15-32-19-12-10-17(11-13-19)24(29)27-23-9-5-3-7-21(23)25(30)28-31/h2,4,6,8,10-14,21,23,31H,3,5,7,9,15H2,1H3,(H,27,29)(H,28,30). The van der Waals surface area contributed by atoms with Crippen LogP contribution in [0.5, 0.6) is 5.75 Å². The van der Waals surface area contributed by atoms with E-state index in [-0.39, 0.29) is 11.9 Å². The molecule has 7 nitrogen and oxygen atoms in total. The molecule has 32 heavy (non-hydrogen) atoms. The molecule has 1 heterocycles. The van der Waals surface area contributed by atoms with Gasteiger partial charge in [0.15, 0.2) is 0 Å². The fourth-order valence-electron chi connectivity index (χ4n) is 4.33. The quantitative estimate of drug-likeness (QED) is 0.404. The Morgan fingerprint density at radius 2 is 1.84 bits per heavy atom. The van der Waals surface area contributed by atoms with Crippen molar-refractivity contribution in [3.63, 3.8) is 0 Å². The molecule has 7 heteroatoms. The Balaban J connectivity index is 1.40. The van der Waals surface area contributed by atoms with E-state index in [9.17, 15) is 9.59 Å². The summed E-state index contributed by atoms with van der Waals surface area (Å²) in [5, 5.41) is 13.0. The fraction of sp³-hybridized carbons (Fsp3) is 0.320. The van der Waals surface area contributed by atoms with Gasteiger partial charge in [-0.2, -0.15) is 0 Å². The minimum atomic E-state index is -0.447. The second kappa shape index (κ2) is 9.78. The molecule has 0 saturated heterocycles. The zero-order chi connectivity index (χ0) is 22.5. The average Bonchev–Trinajstić information content (AvgIpc) is 2.82. The van der Waals surface area contributed by atoms with Crippen molar-refractivity contribution in [1.82, 2.24) is 15.8 Å². The Kier molecular flexibility index (Phi) is 6.66. The Morgan fingerprint density at radius 1 is 1.09 bits per heavy atom. The Labute approximate surface area is 186 Å². The summed E-state index contributed by atoms with van der Waals surface area (Å²) in [7, 11) is 0. The predicted molar refractivity (Wildman–Crippen MR) is 120 cm³/mol. The van der Waals surface area contributed by atoms with Gasteiger partial charge < -0.3 is 10.1 Å². The lowest BCUT2D eigenvalue weighted by molar-refractivity contribution is -0.135. The van der Waals surface area contributed by atoms with E-state index in [0.717, 1.165) is 35.0 Å². The Bertz CT molecular complexity index is 1110. The first-order chi connectivity index (χ1) is 15.5. The average molecular weight is 434 g/mol. The highest BCUT2D eigenvalue weighted by atomic mass is 16.5. The summed E-state index contributed by atoms with van der Waals surface area (Å²) in [6.45, 7) is 2.36. The van der Waals surface area contributed by atoms with E-state index in [4.69, 9.17) is 9.94 Å². The summed E-state index contributed by atoms with van der Waals surface area (Å²) in [6, 6.07) is 16.7. The van der Waals surface area contributed by atoms with Crippen molar-refractivity contribution in [2.75, 3.05) is 0 Å². The number of ether oxygens (including phenoxy) is 1. The number of benzene rings is 2. The minimum Gasteiger partial charge on any atom is -0.489 e. The van der Waals surface area contributed by atoms with E-state index in [1.165, 1.54) is 0 Å². The summed E-state index contributed by atoms with van der Waals surface area (Å²) < 4.78 is 5.96. The lowest BCUT2D eigenvalue weighted by atomic mass is 9.84. The van der Waals surface area contributed by atoms with Gasteiger partial charge in [-0.3, -0.25) is 19.8 Å². The van der Waals surface area contributed by atoms with Crippen LogP contribution in [0.25, 0.3) is 10.9 Å². The lowest BCUT2D eigenvalue weighted by Gasteiger charge is -2.30. The van der Waals surface area contributed by atoms with Crippen molar-refractivity contribution in [2.24, 2.45) is 5.92 Å². The van der Waals surface area contributed by atoms with Gasteiger partial charge in [-0.25, -0.2) is 5.48 Å². The van der Waals surface area contributed by atoms with Crippen LogP contribution >= 0.6 is 0 Å². The van der Waals surface area contributed by atoms with Gasteiger partial charge in [0, 0.05) is 28.2 Å². The third-order valence-corrected chi connectivity index (χ3v) is 5.97. The van der Waals surface area contributed by atoms with Gasteiger partial charge in [0.25, 0.3) is 5.91 Å². The van der Waals surface area contributed by atoms with E-state index >= 15 is 0 Å². The second-order valence-electron chi connectivity index (χ2n) is 8.20. The molecule has 2 aromatic carbocycles. The first-order valence-corrected chi connectivity index (χ1v) is 10.9. The van der Waals surface area contributed by atoms with Crippen molar-refractivity contribution in [3.8, 4) is 5.75 Å². The van der Waals surface area contributed by atoms with E-state index in [1.54, 1.807) is 29.7 Å². The minimum absolute atomic E-state index is 0.241. The third-order valence-electron chi connectivity index (χ3n) is 5.97. The van der Waals surface area contributed by atoms with Crippen molar-refractivity contribution >= 4 is 22.7 Å². The van der Waals surface area contributed by atoms with Crippen LogP contribution in [0.3, 0.4) is 0 Å².